The Balaban J connectivity index is 1.63. The molecule has 1 aromatic carbocycles. The molecule has 4 heterocycles. The highest BCUT2D eigenvalue weighted by Crippen LogP contribution is 2.33. The van der Waals surface area contributed by atoms with Gasteiger partial charge in [0.1, 0.15) is 34.2 Å². The highest BCUT2D eigenvalue weighted by molar-refractivity contribution is 7.09. The number of carbonyl (C=O) groups is 1. The molecule has 0 spiro atoms. The van der Waals surface area contributed by atoms with Gasteiger partial charge in [0, 0.05) is 29.6 Å². The molecular formula is C26H26N6O3S. The Morgan fingerprint density at radius 2 is 2.19 bits per heavy atom. The fourth-order valence-electron chi connectivity index (χ4n) is 4.75. The number of nitriles is 1. The van der Waals surface area contributed by atoms with Crippen molar-refractivity contribution >= 4 is 34.0 Å². The smallest absolute Gasteiger partial charge is 0.278 e. The van der Waals surface area contributed by atoms with Crippen molar-refractivity contribution in [2.75, 3.05) is 25.1 Å². The van der Waals surface area contributed by atoms with Crippen LogP contribution < -0.4 is 20.9 Å². The molecule has 1 fully saturated rings. The zero-order chi connectivity index (χ0) is 25.2. The van der Waals surface area contributed by atoms with Gasteiger partial charge in [0.15, 0.2) is 5.78 Å². The van der Waals surface area contributed by atoms with E-state index in [1.54, 1.807) is 35.6 Å². The summed E-state index contributed by atoms with van der Waals surface area (Å²) in [7, 11) is 1.53. The molecule has 5 rings (SSSR count). The quantitative estimate of drug-likeness (QED) is 0.386. The molecule has 1 aliphatic heterocycles. The number of methoxy groups -OCH3 is 1. The second kappa shape index (κ2) is 9.97. The number of benzene rings is 1. The lowest BCUT2D eigenvalue weighted by Crippen LogP contribution is -2.44. The molecule has 36 heavy (non-hydrogen) atoms. The lowest BCUT2D eigenvalue weighted by molar-refractivity contribution is 0.0970. The van der Waals surface area contributed by atoms with Crippen molar-refractivity contribution in [1.29, 1.82) is 5.26 Å². The fraction of sp³-hybridized carbons (Fsp3) is 0.308. The van der Waals surface area contributed by atoms with E-state index in [1.165, 1.54) is 18.0 Å². The number of ether oxygens (including phenoxy) is 1. The van der Waals surface area contributed by atoms with Crippen LogP contribution in [-0.2, 0) is 13.1 Å². The number of Topliss-reactive ketones (excluding diaryl/α,β-unsaturated/α-hetero) is 1. The molecule has 0 radical (unpaired) electrons. The van der Waals surface area contributed by atoms with Crippen molar-refractivity contribution in [3.05, 3.63) is 74.5 Å². The van der Waals surface area contributed by atoms with Crippen LogP contribution in [-0.4, -0.2) is 46.1 Å². The Hall–Kier alpha value is -3.94. The summed E-state index contributed by atoms with van der Waals surface area (Å²) in [5.41, 5.74) is 7.36. The van der Waals surface area contributed by atoms with E-state index >= 15 is 0 Å². The molecule has 10 heteroatoms. The Labute approximate surface area is 212 Å². The van der Waals surface area contributed by atoms with Crippen LogP contribution in [0.2, 0.25) is 0 Å². The molecule has 0 bridgehead atoms. The molecule has 4 aromatic rings. The molecule has 1 aliphatic rings. The third-order valence-corrected chi connectivity index (χ3v) is 7.33. The standard InChI is InChI=1S/C26H26N6O3S/c1-35-19-7-2-5-17(11-19)22(33)15-31-16-29-23-21(12-27)25(30-9-3-6-18(28)13-30)32(24(23)26(31)34)14-20-8-4-10-36-20/h2,4-5,7-8,10-11,16,18H,3,6,9,13-15,28H2,1H3. The highest BCUT2D eigenvalue weighted by atomic mass is 32.1. The fourth-order valence-corrected chi connectivity index (χ4v) is 5.45. The summed E-state index contributed by atoms with van der Waals surface area (Å²) in [5, 5.41) is 12.1. The minimum Gasteiger partial charge on any atom is -0.497 e. The van der Waals surface area contributed by atoms with E-state index in [4.69, 9.17) is 10.5 Å². The molecular weight excluding hydrogens is 476 g/mol. The minimum atomic E-state index is -0.364. The molecule has 9 nitrogen and oxygen atoms in total. The number of carbonyl (C=O) groups excluding carboxylic acids is 1. The Morgan fingerprint density at radius 1 is 1.33 bits per heavy atom. The van der Waals surface area contributed by atoms with Crippen molar-refractivity contribution in [2.24, 2.45) is 5.73 Å². The maximum atomic E-state index is 13.8. The molecule has 0 amide bonds. The van der Waals surface area contributed by atoms with Crippen LogP contribution in [0.4, 0.5) is 5.82 Å². The summed E-state index contributed by atoms with van der Waals surface area (Å²) >= 11 is 1.58. The second-order valence-electron chi connectivity index (χ2n) is 8.85. The average molecular weight is 503 g/mol. The minimum absolute atomic E-state index is 0.0106. The Bertz CT molecular complexity index is 1520. The molecule has 3 aromatic heterocycles. The van der Waals surface area contributed by atoms with Crippen LogP contribution in [0, 0.1) is 11.3 Å². The van der Waals surface area contributed by atoms with Gasteiger partial charge in [-0.15, -0.1) is 11.3 Å². The van der Waals surface area contributed by atoms with E-state index in [2.05, 4.69) is 16.0 Å². The van der Waals surface area contributed by atoms with Gasteiger partial charge in [-0.05, 0) is 36.4 Å². The molecule has 1 saturated heterocycles. The van der Waals surface area contributed by atoms with Crippen LogP contribution >= 0.6 is 11.3 Å². The normalized spacial score (nSPS) is 15.7. The molecule has 2 N–H and O–H groups in total. The third kappa shape index (κ3) is 4.39. The van der Waals surface area contributed by atoms with Gasteiger partial charge in [-0.1, -0.05) is 18.2 Å². The number of nitrogens with zero attached hydrogens (tertiary/aromatic N) is 5. The lowest BCUT2D eigenvalue weighted by Gasteiger charge is -2.33. The summed E-state index contributed by atoms with van der Waals surface area (Å²) in [4.78, 5) is 34.4. The maximum absolute atomic E-state index is 13.8. The van der Waals surface area contributed by atoms with Crippen molar-refractivity contribution in [3.63, 3.8) is 0 Å². The lowest BCUT2D eigenvalue weighted by atomic mass is 10.1. The van der Waals surface area contributed by atoms with Crippen molar-refractivity contribution in [1.82, 2.24) is 14.1 Å². The summed E-state index contributed by atoms with van der Waals surface area (Å²) < 4.78 is 8.40. The van der Waals surface area contributed by atoms with Crippen LogP contribution in [0.15, 0.2) is 52.9 Å². The van der Waals surface area contributed by atoms with E-state index in [0.29, 0.717) is 46.8 Å². The summed E-state index contributed by atoms with van der Waals surface area (Å²) in [5.74, 6) is 0.989. The molecule has 0 saturated carbocycles. The number of nitrogens with two attached hydrogens (primary N) is 1. The molecule has 0 aliphatic carbocycles. The van der Waals surface area contributed by atoms with Gasteiger partial charge in [-0.2, -0.15) is 5.26 Å². The maximum Gasteiger partial charge on any atom is 0.278 e. The van der Waals surface area contributed by atoms with E-state index in [-0.39, 0.29) is 23.9 Å². The topological polar surface area (TPSA) is 119 Å². The number of hydrogen-bond donors (Lipinski definition) is 1. The van der Waals surface area contributed by atoms with Crippen LogP contribution in [0.5, 0.6) is 5.75 Å². The van der Waals surface area contributed by atoms with Gasteiger partial charge in [0.2, 0.25) is 0 Å². The highest BCUT2D eigenvalue weighted by Gasteiger charge is 2.29. The van der Waals surface area contributed by atoms with E-state index in [0.717, 1.165) is 24.3 Å². The zero-order valence-corrected chi connectivity index (χ0v) is 20.7. The van der Waals surface area contributed by atoms with Crippen LogP contribution in [0.1, 0.15) is 33.6 Å². The third-order valence-electron chi connectivity index (χ3n) is 6.47. The first-order valence-corrected chi connectivity index (χ1v) is 12.6. The number of piperidine rings is 1. The van der Waals surface area contributed by atoms with Crippen molar-refractivity contribution < 1.29 is 9.53 Å². The molecule has 1 atom stereocenters. The van der Waals surface area contributed by atoms with Gasteiger partial charge in [-0.25, -0.2) is 4.98 Å². The largest absolute Gasteiger partial charge is 0.497 e. The zero-order valence-electron chi connectivity index (χ0n) is 19.9. The SMILES string of the molecule is COc1cccc(C(=O)Cn2cnc3c(C#N)c(N4CCCC(N)C4)n(Cc4cccs4)c3c2=O)c1. The number of thiophene rings is 1. The first-order chi connectivity index (χ1) is 17.5. The number of anilines is 1. The summed E-state index contributed by atoms with van der Waals surface area (Å²) in [6.07, 6.45) is 3.17. The first-order valence-electron chi connectivity index (χ1n) is 11.7. The van der Waals surface area contributed by atoms with E-state index in [9.17, 15) is 14.9 Å². The Morgan fingerprint density at radius 3 is 2.92 bits per heavy atom. The molecule has 184 valence electrons. The monoisotopic (exact) mass is 502 g/mol. The van der Waals surface area contributed by atoms with Gasteiger partial charge in [0.05, 0.1) is 26.5 Å². The van der Waals surface area contributed by atoms with Gasteiger partial charge in [-0.3, -0.25) is 14.2 Å². The number of hydrogen-bond acceptors (Lipinski definition) is 8. The Kier molecular flexibility index (Phi) is 6.59. The van der Waals surface area contributed by atoms with Gasteiger partial charge in [0.25, 0.3) is 5.56 Å². The summed E-state index contributed by atoms with van der Waals surface area (Å²) in [6.45, 7) is 1.58. The van der Waals surface area contributed by atoms with Crippen LogP contribution in [0.25, 0.3) is 11.0 Å². The second-order valence-corrected chi connectivity index (χ2v) is 9.89. The predicted molar refractivity (Wildman–Crippen MR) is 139 cm³/mol. The van der Waals surface area contributed by atoms with Crippen LogP contribution in [0.3, 0.4) is 0 Å². The average Bonchev–Trinajstić information content (AvgIpc) is 3.52. The number of aromatic nitrogens is 3. The number of rotatable bonds is 7. The summed E-state index contributed by atoms with van der Waals surface area (Å²) in [6, 6.07) is 13.0. The molecule has 1 unspecified atom stereocenters. The van der Waals surface area contributed by atoms with Gasteiger partial charge >= 0.3 is 0 Å². The van der Waals surface area contributed by atoms with Crippen molar-refractivity contribution in [3.8, 4) is 11.8 Å². The predicted octanol–water partition coefficient (Wildman–Crippen LogP) is 3.00. The number of ketones is 1. The van der Waals surface area contributed by atoms with E-state index in [1.807, 2.05) is 22.1 Å². The van der Waals surface area contributed by atoms with Gasteiger partial charge < -0.3 is 19.9 Å². The first kappa shape index (κ1) is 23.8. The number of fused-ring (bicyclic) bond motifs is 1. The van der Waals surface area contributed by atoms with E-state index < -0.39 is 0 Å². The van der Waals surface area contributed by atoms with Crippen molar-refractivity contribution in [2.45, 2.75) is 32.0 Å².